The number of anilines is 1. The average molecular weight is 421 g/mol. The molecule has 4 aromatic rings. The summed E-state index contributed by atoms with van der Waals surface area (Å²) in [4.78, 5) is 24.6. The molecule has 0 aliphatic heterocycles. The SMILES string of the molecule is Cc1ccc(-c2ncc3c(=O)cc(CNc4ccc(Br)cc4)[nH]c3n2)cc1. The lowest BCUT2D eigenvalue weighted by Gasteiger charge is -2.08. The van der Waals surface area contributed by atoms with E-state index >= 15 is 0 Å². The molecule has 2 heterocycles. The fourth-order valence-electron chi connectivity index (χ4n) is 2.78. The van der Waals surface area contributed by atoms with Crippen LogP contribution in [0.2, 0.25) is 0 Å². The third-order valence-corrected chi connectivity index (χ3v) is 4.80. The maximum absolute atomic E-state index is 12.4. The van der Waals surface area contributed by atoms with Gasteiger partial charge in [-0.1, -0.05) is 45.8 Å². The van der Waals surface area contributed by atoms with Gasteiger partial charge in [0, 0.05) is 33.7 Å². The summed E-state index contributed by atoms with van der Waals surface area (Å²) < 4.78 is 1.02. The first-order chi connectivity index (χ1) is 13.1. The van der Waals surface area contributed by atoms with Crippen molar-refractivity contribution < 1.29 is 0 Å². The lowest BCUT2D eigenvalue weighted by atomic mass is 10.1. The van der Waals surface area contributed by atoms with Crippen LogP contribution in [-0.2, 0) is 6.54 Å². The van der Waals surface area contributed by atoms with Gasteiger partial charge in [0.05, 0.1) is 11.9 Å². The third kappa shape index (κ3) is 3.90. The highest BCUT2D eigenvalue weighted by molar-refractivity contribution is 9.10. The zero-order valence-electron chi connectivity index (χ0n) is 14.7. The van der Waals surface area contributed by atoms with Gasteiger partial charge in [-0.2, -0.15) is 0 Å². The highest BCUT2D eigenvalue weighted by Gasteiger charge is 2.08. The molecule has 134 valence electrons. The van der Waals surface area contributed by atoms with Gasteiger partial charge in [-0.3, -0.25) is 4.79 Å². The molecule has 4 rings (SSSR count). The molecule has 0 amide bonds. The van der Waals surface area contributed by atoms with Gasteiger partial charge in [0.2, 0.25) is 0 Å². The molecule has 27 heavy (non-hydrogen) atoms. The van der Waals surface area contributed by atoms with Crippen LogP contribution in [0.5, 0.6) is 0 Å². The number of pyridine rings is 1. The minimum atomic E-state index is -0.0909. The molecule has 0 saturated carbocycles. The summed E-state index contributed by atoms with van der Waals surface area (Å²) in [5, 5.41) is 3.78. The van der Waals surface area contributed by atoms with Crippen LogP contribution in [0, 0.1) is 6.92 Å². The summed E-state index contributed by atoms with van der Waals surface area (Å²) in [6.45, 7) is 2.53. The van der Waals surface area contributed by atoms with Crippen LogP contribution < -0.4 is 10.7 Å². The second kappa shape index (κ2) is 7.32. The van der Waals surface area contributed by atoms with E-state index in [0.717, 1.165) is 21.4 Å². The number of nitrogens with zero attached hydrogens (tertiary/aromatic N) is 2. The van der Waals surface area contributed by atoms with E-state index in [4.69, 9.17) is 0 Å². The summed E-state index contributed by atoms with van der Waals surface area (Å²) in [5.41, 5.74) is 4.29. The molecule has 0 atom stereocenters. The molecule has 0 saturated heterocycles. The lowest BCUT2D eigenvalue weighted by molar-refractivity contribution is 1.04. The van der Waals surface area contributed by atoms with E-state index in [1.165, 1.54) is 5.56 Å². The predicted molar refractivity (Wildman–Crippen MR) is 112 cm³/mol. The quantitative estimate of drug-likeness (QED) is 0.503. The largest absolute Gasteiger partial charge is 0.379 e. The first-order valence-corrected chi connectivity index (χ1v) is 9.33. The fraction of sp³-hybridized carbons (Fsp3) is 0.0952. The van der Waals surface area contributed by atoms with Crippen molar-refractivity contribution in [2.75, 3.05) is 5.32 Å². The van der Waals surface area contributed by atoms with Crippen molar-refractivity contribution in [1.82, 2.24) is 15.0 Å². The Morgan fingerprint density at radius 2 is 1.81 bits per heavy atom. The molecular weight excluding hydrogens is 404 g/mol. The van der Waals surface area contributed by atoms with Gasteiger partial charge in [0.25, 0.3) is 0 Å². The number of aromatic nitrogens is 3. The van der Waals surface area contributed by atoms with Crippen LogP contribution in [0.1, 0.15) is 11.3 Å². The number of H-pyrrole nitrogens is 1. The van der Waals surface area contributed by atoms with Crippen molar-refractivity contribution in [1.29, 1.82) is 0 Å². The minimum absolute atomic E-state index is 0.0909. The van der Waals surface area contributed by atoms with E-state index in [1.807, 2.05) is 55.5 Å². The average Bonchev–Trinajstić information content (AvgIpc) is 2.68. The molecule has 5 nitrogen and oxygen atoms in total. The van der Waals surface area contributed by atoms with Crippen LogP contribution in [-0.4, -0.2) is 15.0 Å². The van der Waals surface area contributed by atoms with Gasteiger partial charge in [-0.05, 0) is 31.2 Å². The smallest absolute Gasteiger partial charge is 0.192 e. The zero-order chi connectivity index (χ0) is 18.8. The number of rotatable bonds is 4. The number of aromatic amines is 1. The number of benzene rings is 2. The van der Waals surface area contributed by atoms with Gasteiger partial charge in [0.1, 0.15) is 5.65 Å². The van der Waals surface area contributed by atoms with Crippen LogP contribution in [0.4, 0.5) is 5.69 Å². The maximum Gasteiger partial charge on any atom is 0.192 e. The van der Waals surface area contributed by atoms with Gasteiger partial charge in [-0.25, -0.2) is 9.97 Å². The molecule has 0 unspecified atom stereocenters. The Bertz CT molecular complexity index is 1150. The first-order valence-electron chi connectivity index (χ1n) is 8.54. The lowest BCUT2D eigenvalue weighted by Crippen LogP contribution is -2.10. The maximum atomic E-state index is 12.4. The second-order valence-electron chi connectivity index (χ2n) is 6.34. The third-order valence-electron chi connectivity index (χ3n) is 4.28. The van der Waals surface area contributed by atoms with Crippen LogP contribution >= 0.6 is 15.9 Å². The normalized spacial score (nSPS) is 10.9. The Balaban J connectivity index is 1.65. The molecule has 2 aromatic carbocycles. The summed E-state index contributed by atoms with van der Waals surface area (Å²) in [6.07, 6.45) is 1.59. The number of fused-ring (bicyclic) bond motifs is 1. The Morgan fingerprint density at radius 3 is 2.56 bits per heavy atom. The predicted octanol–water partition coefficient (Wildman–Crippen LogP) is 4.67. The van der Waals surface area contributed by atoms with E-state index in [1.54, 1.807) is 12.3 Å². The number of aryl methyl sites for hydroxylation is 1. The summed E-state index contributed by atoms with van der Waals surface area (Å²) in [6, 6.07) is 17.5. The van der Waals surface area contributed by atoms with Crippen molar-refractivity contribution >= 4 is 32.7 Å². The van der Waals surface area contributed by atoms with Gasteiger partial charge in [0.15, 0.2) is 11.3 Å². The standard InChI is InChI=1S/C21H17BrN4O/c1-13-2-4-14(5-3-13)20-24-12-18-19(27)10-17(25-21(18)26-20)11-23-16-8-6-15(22)7-9-16/h2-10,12,23H,11H2,1H3,(H,24,25,26,27). The van der Waals surface area contributed by atoms with E-state index in [9.17, 15) is 4.79 Å². The Labute approximate surface area is 164 Å². The van der Waals surface area contributed by atoms with E-state index < -0.39 is 0 Å². The number of halogens is 1. The molecule has 2 N–H and O–H groups in total. The highest BCUT2D eigenvalue weighted by Crippen LogP contribution is 2.18. The van der Waals surface area contributed by atoms with Crippen LogP contribution in [0.25, 0.3) is 22.4 Å². The van der Waals surface area contributed by atoms with Crippen LogP contribution in [0.3, 0.4) is 0 Å². The molecule has 0 fully saturated rings. The molecule has 0 aliphatic carbocycles. The Hall–Kier alpha value is -2.99. The minimum Gasteiger partial charge on any atom is -0.379 e. The highest BCUT2D eigenvalue weighted by atomic mass is 79.9. The summed E-state index contributed by atoms with van der Waals surface area (Å²) in [5.74, 6) is 0.594. The van der Waals surface area contributed by atoms with Crippen molar-refractivity contribution in [3.8, 4) is 11.4 Å². The van der Waals surface area contributed by atoms with Crippen molar-refractivity contribution in [2.45, 2.75) is 13.5 Å². The van der Waals surface area contributed by atoms with Crippen LogP contribution in [0.15, 0.2) is 70.1 Å². The van der Waals surface area contributed by atoms with Gasteiger partial charge in [-0.15, -0.1) is 0 Å². The van der Waals surface area contributed by atoms with E-state index in [2.05, 4.69) is 36.2 Å². The molecule has 0 spiro atoms. The molecule has 0 radical (unpaired) electrons. The number of hydrogen-bond acceptors (Lipinski definition) is 4. The zero-order valence-corrected chi connectivity index (χ0v) is 16.2. The fourth-order valence-corrected chi connectivity index (χ4v) is 3.05. The van der Waals surface area contributed by atoms with Crippen molar-refractivity contribution in [2.24, 2.45) is 0 Å². The Kier molecular flexibility index (Phi) is 4.73. The van der Waals surface area contributed by atoms with Crippen molar-refractivity contribution in [3.05, 3.63) is 86.7 Å². The molecular formula is C21H17BrN4O. The monoisotopic (exact) mass is 420 g/mol. The number of hydrogen-bond donors (Lipinski definition) is 2. The van der Waals surface area contributed by atoms with E-state index in [-0.39, 0.29) is 5.43 Å². The Morgan fingerprint density at radius 1 is 1.07 bits per heavy atom. The summed E-state index contributed by atoms with van der Waals surface area (Å²) in [7, 11) is 0. The molecule has 2 aromatic heterocycles. The molecule has 0 aliphatic rings. The van der Waals surface area contributed by atoms with Gasteiger partial charge < -0.3 is 10.3 Å². The number of nitrogens with one attached hydrogen (secondary N) is 2. The molecule has 0 bridgehead atoms. The topological polar surface area (TPSA) is 70.7 Å². The first kappa shape index (κ1) is 17.4. The van der Waals surface area contributed by atoms with Crippen molar-refractivity contribution in [3.63, 3.8) is 0 Å². The summed E-state index contributed by atoms with van der Waals surface area (Å²) >= 11 is 3.42. The molecule has 6 heteroatoms. The van der Waals surface area contributed by atoms with E-state index in [0.29, 0.717) is 23.4 Å². The van der Waals surface area contributed by atoms with Gasteiger partial charge >= 0.3 is 0 Å². The second-order valence-corrected chi connectivity index (χ2v) is 7.26.